The number of unbranched alkanes of at least 4 members (excludes halogenated alkanes) is 3. The number of aromatic nitrogens is 4. The number of halogens is 1. The number of anilines is 1. The van der Waals surface area contributed by atoms with Gasteiger partial charge in [-0.25, -0.2) is 4.79 Å². The third-order valence-electron chi connectivity index (χ3n) is 5.06. The second-order valence-corrected chi connectivity index (χ2v) is 7.53. The molecule has 0 aliphatic rings. The molecule has 0 saturated heterocycles. The lowest BCUT2D eigenvalue weighted by Crippen LogP contribution is -2.39. The van der Waals surface area contributed by atoms with E-state index in [1.165, 1.54) is 9.13 Å². The summed E-state index contributed by atoms with van der Waals surface area (Å²) in [6.07, 6.45) is 4.19. The topological polar surface area (TPSA) is 99.9 Å². The first-order valence-corrected chi connectivity index (χ1v) is 10.2. The second-order valence-electron chi connectivity index (χ2n) is 7.12. The molecular weight excluding hydrogens is 392 g/mol. The van der Waals surface area contributed by atoms with Crippen molar-refractivity contribution >= 4 is 28.7 Å². The first-order chi connectivity index (χ1) is 14.0. The first-order valence-electron chi connectivity index (χ1n) is 9.79. The van der Waals surface area contributed by atoms with Gasteiger partial charge in [0.1, 0.15) is 0 Å². The van der Waals surface area contributed by atoms with Gasteiger partial charge in [0.15, 0.2) is 11.2 Å². The van der Waals surface area contributed by atoms with Crippen LogP contribution in [0.25, 0.3) is 11.2 Å². The Hall–Kier alpha value is -2.58. The van der Waals surface area contributed by atoms with Crippen molar-refractivity contribution in [3.63, 3.8) is 0 Å². The Morgan fingerprint density at radius 2 is 1.79 bits per heavy atom. The molecule has 0 atom stereocenters. The lowest BCUT2D eigenvalue weighted by molar-refractivity contribution is 0.655. The van der Waals surface area contributed by atoms with Gasteiger partial charge in [-0.15, -0.1) is 0 Å². The fraction of sp³-hybridized carbons (Fsp3) is 0.450. The SMILES string of the molecule is Cn1c(NCCCCCCN)nc2c1c(=O)n(Cc1ccccc1Cl)c(=O)n2C. The summed E-state index contributed by atoms with van der Waals surface area (Å²) in [5, 5.41) is 3.78. The van der Waals surface area contributed by atoms with Crippen molar-refractivity contribution in [3.05, 3.63) is 55.7 Å². The summed E-state index contributed by atoms with van der Waals surface area (Å²) in [4.78, 5) is 30.4. The van der Waals surface area contributed by atoms with Crippen molar-refractivity contribution in [1.82, 2.24) is 18.7 Å². The van der Waals surface area contributed by atoms with Crippen molar-refractivity contribution < 1.29 is 0 Å². The van der Waals surface area contributed by atoms with Crippen molar-refractivity contribution in [1.29, 1.82) is 0 Å². The van der Waals surface area contributed by atoms with E-state index in [0.29, 0.717) is 34.2 Å². The minimum Gasteiger partial charge on any atom is -0.356 e. The van der Waals surface area contributed by atoms with E-state index in [2.05, 4.69) is 10.3 Å². The number of benzene rings is 1. The molecule has 2 heterocycles. The fourth-order valence-electron chi connectivity index (χ4n) is 3.36. The molecule has 8 nitrogen and oxygen atoms in total. The van der Waals surface area contributed by atoms with Crippen LogP contribution in [0.1, 0.15) is 31.2 Å². The molecule has 0 saturated carbocycles. The fourth-order valence-corrected chi connectivity index (χ4v) is 3.56. The van der Waals surface area contributed by atoms with E-state index in [9.17, 15) is 9.59 Å². The normalized spacial score (nSPS) is 11.3. The van der Waals surface area contributed by atoms with Gasteiger partial charge in [-0.3, -0.25) is 13.9 Å². The lowest BCUT2D eigenvalue weighted by Gasteiger charge is -2.10. The molecule has 3 N–H and O–H groups in total. The molecule has 0 radical (unpaired) electrons. The summed E-state index contributed by atoms with van der Waals surface area (Å²) in [6, 6.07) is 7.18. The molecule has 0 aliphatic heterocycles. The third kappa shape index (κ3) is 4.38. The molecule has 29 heavy (non-hydrogen) atoms. The lowest BCUT2D eigenvalue weighted by atomic mass is 10.2. The highest BCUT2D eigenvalue weighted by molar-refractivity contribution is 6.31. The molecule has 0 spiro atoms. The summed E-state index contributed by atoms with van der Waals surface area (Å²) in [5.41, 5.74) is 6.17. The van der Waals surface area contributed by atoms with Gasteiger partial charge in [0.2, 0.25) is 5.95 Å². The molecular formula is C20H27ClN6O2. The number of imidazole rings is 1. The molecule has 0 aliphatic carbocycles. The number of nitrogens with two attached hydrogens (primary N) is 1. The van der Waals surface area contributed by atoms with Crippen LogP contribution in [0.5, 0.6) is 0 Å². The van der Waals surface area contributed by atoms with Gasteiger partial charge in [-0.1, -0.05) is 42.6 Å². The molecule has 3 rings (SSSR count). The minimum atomic E-state index is -0.422. The van der Waals surface area contributed by atoms with Crippen LogP contribution >= 0.6 is 11.6 Å². The highest BCUT2D eigenvalue weighted by atomic mass is 35.5. The van der Waals surface area contributed by atoms with E-state index in [-0.39, 0.29) is 12.1 Å². The highest BCUT2D eigenvalue weighted by Gasteiger charge is 2.19. The van der Waals surface area contributed by atoms with Crippen LogP contribution in [0.15, 0.2) is 33.9 Å². The van der Waals surface area contributed by atoms with Crippen molar-refractivity contribution in [2.45, 2.75) is 32.2 Å². The Kier molecular flexibility index (Phi) is 6.76. The zero-order valence-corrected chi connectivity index (χ0v) is 17.6. The summed E-state index contributed by atoms with van der Waals surface area (Å²) in [6.45, 7) is 1.56. The molecule has 3 aromatic rings. The van der Waals surface area contributed by atoms with Gasteiger partial charge in [0, 0.05) is 25.7 Å². The van der Waals surface area contributed by atoms with Crippen LogP contribution in [-0.2, 0) is 20.6 Å². The van der Waals surface area contributed by atoms with E-state index in [1.54, 1.807) is 30.8 Å². The minimum absolute atomic E-state index is 0.107. The maximum Gasteiger partial charge on any atom is 0.332 e. The van der Waals surface area contributed by atoms with Crippen LogP contribution in [0.3, 0.4) is 0 Å². The molecule has 0 unspecified atom stereocenters. The number of hydrogen-bond donors (Lipinski definition) is 2. The van der Waals surface area contributed by atoms with Gasteiger partial charge < -0.3 is 15.6 Å². The Morgan fingerprint density at radius 3 is 2.52 bits per heavy atom. The standard InChI is InChI=1S/C20H27ClN6O2/c1-25-16-17(24-19(25)23-12-8-4-3-7-11-22)26(2)20(29)27(18(16)28)13-14-9-5-6-10-15(14)21/h5-6,9-10H,3-4,7-8,11-13,22H2,1-2H3,(H,23,24). The van der Waals surface area contributed by atoms with Crippen molar-refractivity contribution in [3.8, 4) is 0 Å². The van der Waals surface area contributed by atoms with E-state index in [0.717, 1.165) is 32.2 Å². The van der Waals surface area contributed by atoms with Gasteiger partial charge in [0.25, 0.3) is 5.56 Å². The number of fused-ring (bicyclic) bond motifs is 1. The molecule has 0 amide bonds. The van der Waals surface area contributed by atoms with Crippen LogP contribution < -0.4 is 22.3 Å². The van der Waals surface area contributed by atoms with Gasteiger partial charge in [-0.05, 0) is 31.0 Å². The van der Waals surface area contributed by atoms with E-state index in [1.807, 2.05) is 12.1 Å². The number of nitrogens with one attached hydrogen (secondary N) is 1. The predicted octanol–water partition coefficient (Wildman–Crippen LogP) is 2.07. The maximum absolute atomic E-state index is 13.1. The van der Waals surface area contributed by atoms with Crippen molar-refractivity contribution in [2.75, 3.05) is 18.4 Å². The zero-order valence-electron chi connectivity index (χ0n) is 16.8. The van der Waals surface area contributed by atoms with Crippen LogP contribution in [0.4, 0.5) is 5.95 Å². The summed E-state index contributed by atoms with van der Waals surface area (Å²) >= 11 is 6.22. The van der Waals surface area contributed by atoms with Crippen LogP contribution in [0, 0.1) is 0 Å². The van der Waals surface area contributed by atoms with Crippen LogP contribution in [-0.4, -0.2) is 31.8 Å². The van der Waals surface area contributed by atoms with Crippen molar-refractivity contribution in [2.24, 2.45) is 19.8 Å². The Bertz CT molecular complexity index is 1110. The Labute approximate surface area is 173 Å². The molecule has 156 valence electrons. The highest BCUT2D eigenvalue weighted by Crippen LogP contribution is 2.17. The van der Waals surface area contributed by atoms with E-state index >= 15 is 0 Å². The Morgan fingerprint density at radius 1 is 1.07 bits per heavy atom. The second kappa shape index (κ2) is 9.28. The monoisotopic (exact) mass is 418 g/mol. The van der Waals surface area contributed by atoms with E-state index < -0.39 is 5.69 Å². The zero-order chi connectivity index (χ0) is 21.0. The van der Waals surface area contributed by atoms with Crippen LogP contribution in [0.2, 0.25) is 5.02 Å². The molecule has 2 aromatic heterocycles. The third-order valence-corrected chi connectivity index (χ3v) is 5.43. The molecule has 9 heteroatoms. The number of aryl methyl sites for hydroxylation is 2. The average molecular weight is 419 g/mol. The average Bonchev–Trinajstić information content (AvgIpc) is 3.04. The number of hydrogen-bond acceptors (Lipinski definition) is 5. The number of nitrogens with zero attached hydrogens (tertiary/aromatic N) is 4. The smallest absolute Gasteiger partial charge is 0.332 e. The molecule has 1 aromatic carbocycles. The maximum atomic E-state index is 13.1. The summed E-state index contributed by atoms with van der Waals surface area (Å²) in [5.74, 6) is 0.571. The van der Waals surface area contributed by atoms with E-state index in [4.69, 9.17) is 17.3 Å². The largest absolute Gasteiger partial charge is 0.356 e. The predicted molar refractivity (Wildman–Crippen MR) is 117 cm³/mol. The van der Waals surface area contributed by atoms with Gasteiger partial charge in [-0.2, -0.15) is 4.98 Å². The first kappa shape index (κ1) is 21.1. The molecule has 0 bridgehead atoms. The molecule has 0 fully saturated rings. The summed E-state index contributed by atoms with van der Waals surface area (Å²) < 4.78 is 4.31. The summed E-state index contributed by atoms with van der Waals surface area (Å²) in [7, 11) is 3.40. The van der Waals surface area contributed by atoms with Gasteiger partial charge in [0.05, 0.1) is 6.54 Å². The number of rotatable bonds is 9. The Balaban J connectivity index is 1.92. The quantitative estimate of drug-likeness (QED) is 0.518. The van der Waals surface area contributed by atoms with Gasteiger partial charge >= 0.3 is 5.69 Å².